The topological polar surface area (TPSA) is 149 Å². The normalized spacial score (nSPS) is 17.9. The van der Waals surface area contributed by atoms with Crippen molar-refractivity contribution in [1.82, 2.24) is 21.3 Å². The van der Waals surface area contributed by atoms with Crippen molar-refractivity contribution in [3.63, 3.8) is 0 Å². The first-order valence-electron chi connectivity index (χ1n) is 10.7. The number of hydrogen-bond donors (Lipinski definition) is 5. The van der Waals surface area contributed by atoms with E-state index >= 15 is 0 Å². The van der Waals surface area contributed by atoms with Gasteiger partial charge in [0.25, 0.3) is 11.8 Å². The van der Waals surface area contributed by atoms with Gasteiger partial charge in [-0.15, -0.1) is 0 Å². The van der Waals surface area contributed by atoms with Crippen molar-refractivity contribution in [2.75, 3.05) is 19.6 Å². The number of carbonyl (C=O) groups excluding carboxylic acids is 4. The van der Waals surface area contributed by atoms with Gasteiger partial charge in [0.1, 0.15) is 11.8 Å². The molecular weight excluding hydrogens is 416 g/mol. The summed E-state index contributed by atoms with van der Waals surface area (Å²) in [6.07, 6.45) is -0.804. The van der Waals surface area contributed by atoms with E-state index in [1.165, 1.54) is 6.92 Å². The zero-order chi connectivity index (χ0) is 23.7. The molecule has 1 aliphatic heterocycles. The zero-order valence-corrected chi connectivity index (χ0v) is 18.6. The summed E-state index contributed by atoms with van der Waals surface area (Å²) in [6.45, 7) is 6.16. The van der Waals surface area contributed by atoms with E-state index in [2.05, 4.69) is 21.3 Å². The summed E-state index contributed by atoms with van der Waals surface area (Å²) in [5.41, 5.74) is 0.954. The highest BCUT2D eigenvalue weighted by Gasteiger charge is 2.50. The summed E-state index contributed by atoms with van der Waals surface area (Å²) < 4.78 is 5.23. The fraction of sp³-hybridized carbons (Fsp3) is 0.545. The molecule has 1 saturated heterocycles. The molecule has 0 bridgehead atoms. The van der Waals surface area contributed by atoms with E-state index in [1.807, 2.05) is 13.8 Å². The Morgan fingerprint density at radius 3 is 2.19 bits per heavy atom. The minimum Gasteiger partial charge on any atom is -0.508 e. The Morgan fingerprint density at radius 1 is 0.938 bits per heavy atom. The van der Waals surface area contributed by atoms with Gasteiger partial charge in [0.05, 0.1) is 0 Å². The van der Waals surface area contributed by atoms with Gasteiger partial charge in [-0.3, -0.25) is 19.2 Å². The quantitative estimate of drug-likeness (QED) is 0.217. The Bertz CT molecular complexity index is 811. The first-order valence-corrected chi connectivity index (χ1v) is 10.7. The van der Waals surface area contributed by atoms with Gasteiger partial charge in [0.15, 0.2) is 12.2 Å². The third kappa shape index (κ3) is 8.54. The van der Waals surface area contributed by atoms with E-state index in [9.17, 15) is 24.3 Å². The van der Waals surface area contributed by atoms with E-state index < -0.39 is 24.2 Å². The molecule has 10 heteroatoms. The number of benzene rings is 1. The second-order valence-corrected chi connectivity index (χ2v) is 8.15. The van der Waals surface area contributed by atoms with E-state index in [4.69, 9.17) is 4.74 Å². The molecule has 32 heavy (non-hydrogen) atoms. The number of epoxide rings is 1. The van der Waals surface area contributed by atoms with Gasteiger partial charge in [-0.2, -0.15) is 0 Å². The second kappa shape index (κ2) is 12.0. The monoisotopic (exact) mass is 448 g/mol. The van der Waals surface area contributed by atoms with E-state index in [0.717, 1.165) is 5.56 Å². The maximum Gasteiger partial charge on any atom is 0.253 e. The van der Waals surface area contributed by atoms with Crippen LogP contribution in [-0.4, -0.2) is 66.6 Å². The van der Waals surface area contributed by atoms with E-state index in [-0.39, 0.29) is 35.9 Å². The fourth-order valence-electron chi connectivity index (χ4n) is 3.11. The SMILES string of the molecule is CC(=O)NCCNC(=O)[C@H](CC(C)C)NC(=O)[C@H]1O[C@@H]1C(=O)NCCc1ccc(O)cc1. The maximum atomic E-state index is 12.5. The molecule has 0 spiro atoms. The van der Waals surface area contributed by atoms with Crippen molar-refractivity contribution < 1.29 is 29.0 Å². The van der Waals surface area contributed by atoms with Crippen molar-refractivity contribution >= 4 is 23.6 Å². The molecule has 0 aliphatic carbocycles. The van der Waals surface area contributed by atoms with E-state index in [0.29, 0.717) is 25.9 Å². The predicted molar refractivity (Wildman–Crippen MR) is 117 cm³/mol. The predicted octanol–water partition coefficient (Wildman–Crippen LogP) is -0.398. The molecule has 3 atom stereocenters. The minimum absolute atomic E-state index is 0.153. The third-order valence-corrected chi connectivity index (χ3v) is 4.80. The first-order chi connectivity index (χ1) is 15.2. The van der Waals surface area contributed by atoms with Crippen LogP contribution in [0.25, 0.3) is 0 Å². The standard InChI is InChI=1S/C22H32N4O6/c1-13(2)12-17(20(29)25-11-10-23-14(3)27)26-22(31)19-18(32-19)21(30)24-9-8-15-4-6-16(28)7-5-15/h4-7,13,17-19,28H,8-12H2,1-3H3,(H,23,27)(H,24,30)(H,25,29)(H,26,31)/t17-,18-,19-/m0/s1. The van der Waals surface area contributed by atoms with Crippen LogP contribution >= 0.6 is 0 Å². The number of amides is 4. The summed E-state index contributed by atoms with van der Waals surface area (Å²) >= 11 is 0. The van der Waals surface area contributed by atoms with Crippen LogP contribution < -0.4 is 21.3 Å². The number of nitrogens with one attached hydrogen (secondary N) is 4. The third-order valence-electron chi connectivity index (χ3n) is 4.80. The number of hydrogen-bond acceptors (Lipinski definition) is 6. The number of aromatic hydroxyl groups is 1. The van der Waals surface area contributed by atoms with Crippen LogP contribution in [0.2, 0.25) is 0 Å². The largest absolute Gasteiger partial charge is 0.508 e. The molecule has 0 unspecified atom stereocenters. The molecule has 1 heterocycles. The Hall–Kier alpha value is -3.14. The smallest absolute Gasteiger partial charge is 0.253 e. The van der Waals surface area contributed by atoms with Crippen LogP contribution in [0, 0.1) is 5.92 Å². The lowest BCUT2D eigenvalue weighted by atomic mass is 10.0. The molecule has 5 N–H and O–H groups in total. The van der Waals surface area contributed by atoms with Crippen LogP contribution in [0.3, 0.4) is 0 Å². The van der Waals surface area contributed by atoms with Gasteiger partial charge >= 0.3 is 0 Å². The highest BCUT2D eigenvalue weighted by Crippen LogP contribution is 2.23. The molecular formula is C22H32N4O6. The summed E-state index contributed by atoms with van der Waals surface area (Å²) in [5.74, 6) is -1.11. The van der Waals surface area contributed by atoms with Crippen molar-refractivity contribution in [2.45, 2.75) is 51.9 Å². The Kier molecular flexibility index (Phi) is 9.45. The van der Waals surface area contributed by atoms with Crippen molar-refractivity contribution in [3.05, 3.63) is 29.8 Å². The van der Waals surface area contributed by atoms with Gasteiger partial charge in [0, 0.05) is 26.6 Å². The van der Waals surface area contributed by atoms with Gasteiger partial charge in [-0.25, -0.2) is 0 Å². The summed E-state index contributed by atoms with van der Waals surface area (Å²) in [4.78, 5) is 48.0. The maximum absolute atomic E-state index is 12.5. The molecule has 0 saturated carbocycles. The van der Waals surface area contributed by atoms with Crippen LogP contribution in [0.15, 0.2) is 24.3 Å². The summed E-state index contributed by atoms with van der Waals surface area (Å²) in [6, 6.07) is 5.92. The molecule has 0 aromatic heterocycles. The number of phenolic OH excluding ortho intramolecular Hbond substituents is 1. The molecule has 0 radical (unpaired) electrons. The van der Waals surface area contributed by atoms with Gasteiger partial charge in [0.2, 0.25) is 11.8 Å². The van der Waals surface area contributed by atoms with Crippen LogP contribution in [0.5, 0.6) is 5.75 Å². The summed E-state index contributed by atoms with van der Waals surface area (Å²) in [7, 11) is 0. The second-order valence-electron chi connectivity index (χ2n) is 8.15. The van der Waals surface area contributed by atoms with Gasteiger partial charge < -0.3 is 31.1 Å². The lowest BCUT2D eigenvalue weighted by Crippen LogP contribution is -2.50. The van der Waals surface area contributed by atoms with Gasteiger partial charge in [-0.05, 0) is 36.5 Å². The van der Waals surface area contributed by atoms with Crippen LogP contribution in [0.1, 0.15) is 32.8 Å². The number of carbonyl (C=O) groups is 4. The Morgan fingerprint density at radius 2 is 1.56 bits per heavy atom. The molecule has 1 fully saturated rings. The summed E-state index contributed by atoms with van der Waals surface area (Å²) in [5, 5.41) is 19.9. The Labute approximate surface area is 187 Å². The molecule has 2 rings (SSSR count). The average molecular weight is 449 g/mol. The van der Waals surface area contributed by atoms with Crippen LogP contribution in [-0.2, 0) is 30.3 Å². The lowest BCUT2D eigenvalue weighted by molar-refractivity contribution is -0.130. The molecule has 4 amide bonds. The first kappa shape index (κ1) is 25.1. The highest BCUT2D eigenvalue weighted by atomic mass is 16.6. The van der Waals surface area contributed by atoms with Crippen molar-refractivity contribution in [3.8, 4) is 5.75 Å². The Balaban J connectivity index is 1.76. The molecule has 1 aliphatic rings. The van der Waals surface area contributed by atoms with Gasteiger partial charge in [-0.1, -0.05) is 26.0 Å². The zero-order valence-electron chi connectivity index (χ0n) is 18.6. The fourth-order valence-corrected chi connectivity index (χ4v) is 3.11. The molecule has 10 nitrogen and oxygen atoms in total. The highest BCUT2D eigenvalue weighted by molar-refractivity contribution is 5.97. The van der Waals surface area contributed by atoms with E-state index in [1.54, 1.807) is 24.3 Å². The number of ether oxygens (including phenoxy) is 1. The molecule has 1 aromatic carbocycles. The molecule has 1 aromatic rings. The minimum atomic E-state index is -0.925. The number of rotatable bonds is 12. The van der Waals surface area contributed by atoms with Crippen molar-refractivity contribution in [1.29, 1.82) is 0 Å². The number of phenols is 1. The van der Waals surface area contributed by atoms with Crippen LogP contribution in [0.4, 0.5) is 0 Å². The van der Waals surface area contributed by atoms with Crippen molar-refractivity contribution in [2.24, 2.45) is 5.92 Å². The molecule has 176 valence electrons. The average Bonchev–Trinajstić information content (AvgIpc) is 3.52. The lowest BCUT2D eigenvalue weighted by Gasteiger charge is -2.20.